The first-order valence-corrected chi connectivity index (χ1v) is 5.46. The molecule has 0 saturated carbocycles. The van der Waals surface area contributed by atoms with Gasteiger partial charge in [0.1, 0.15) is 11.6 Å². The average molecular weight is 243 g/mol. The minimum absolute atomic E-state index is 0.150. The fraction of sp³-hybridized carbons (Fsp3) is 0.273. The minimum Gasteiger partial charge on any atom is -0.382 e. The minimum atomic E-state index is 0.150. The standard InChI is InChI=1S/C11H13N7/c1-7(2)16-10-8(6-12)9(13)18(17-10)11-14-4-3-5-15-11/h3-5,7H,13H2,1-2H3,(H,16,17). The molecule has 0 radical (unpaired) electrons. The first-order chi connectivity index (χ1) is 8.63. The van der Waals surface area contributed by atoms with Crippen molar-refractivity contribution in [2.75, 3.05) is 11.1 Å². The van der Waals surface area contributed by atoms with Crippen LogP contribution < -0.4 is 11.1 Å². The Morgan fingerprint density at radius 1 is 1.39 bits per heavy atom. The van der Waals surface area contributed by atoms with E-state index in [1.54, 1.807) is 18.5 Å². The number of aromatic nitrogens is 4. The van der Waals surface area contributed by atoms with Crippen LogP contribution in [0, 0.1) is 11.3 Å². The molecule has 0 fully saturated rings. The summed E-state index contributed by atoms with van der Waals surface area (Å²) in [7, 11) is 0. The van der Waals surface area contributed by atoms with E-state index in [1.807, 2.05) is 19.9 Å². The molecule has 0 unspecified atom stereocenters. The Balaban J connectivity index is 2.51. The molecule has 0 amide bonds. The smallest absolute Gasteiger partial charge is 0.252 e. The van der Waals surface area contributed by atoms with Crippen LogP contribution in [0.15, 0.2) is 18.5 Å². The molecule has 2 heterocycles. The number of nitrogen functional groups attached to an aromatic ring is 1. The SMILES string of the molecule is CC(C)Nc1nn(-c2ncccn2)c(N)c1C#N. The number of anilines is 2. The Bertz CT molecular complexity index is 579. The van der Waals surface area contributed by atoms with Crippen LogP contribution in [0.25, 0.3) is 5.95 Å². The van der Waals surface area contributed by atoms with E-state index in [2.05, 4.69) is 20.4 Å². The lowest BCUT2D eigenvalue weighted by molar-refractivity contribution is 0.805. The lowest BCUT2D eigenvalue weighted by Gasteiger charge is -2.05. The summed E-state index contributed by atoms with van der Waals surface area (Å²) in [4.78, 5) is 8.10. The number of nitrogens with two attached hydrogens (primary N) is 1. The molecule has 0 aromatic carbocycles. The number of nitrogens with zero attached hydrogens (tertiary/aromatic N) is 5. The molecule has 0 bridgehead atoms. The third-order valence-corrected chi connectivity index (χ3v) is 2.20. The fourth-order valence-electron chi connectivity index (χ4n) is 1.47. The molecule has 2 aromatic rings. The van der Waals surface area contributed by atoms with Crippen LogP contribution in [-0.4, -0.2) is 25.8 Å². The summed E-state index contributed by atoms with van der Waals surface area (Å²) in [5.41, 5.74) is 6.18. The number of hydrogen-bond acceptors (Lipinski definition) is 6. The van der Waals surface area contributed by atoms with Gasteiger partial charge in [0, 0.05) is 18.4 Å². The molecule has 0 aliphatic carbocycles. The Labute approximate surface area is 104 Å². The summed E-state index contributed by atoms with van der Waals surface area (Å²) in [5.74, 6) is 1.01. The van der Waals surface area contributed by atoms with Gasteiger partial charge in [0.15, 0.2) is 11.6 Å². The molecule has 0 spiro atoms. The van der Waals surface area contributed by atoms with Gasteiger partial charge >= 0.3 is 0 Å². The highest BCUT2D eigenvalue weighted by Crippen LogP contribution is 2.22. The second-order valence-corrected chi connectivity index (χ2v) is 3.98. The van der Waals surface area contributed by atoms with Crippen molar-refractivity contribution in [2.24, 2.45) is 0 Å². The third kappa shape index (κ3) is 2.08. The van der Waals surface area contributed by atoms with Gasteiger partial charge in [0.05, 0.1) is 0 Å². The van der Waals surface area contributed by atoms with Crippen LogP contribution in [0.4, 0.5) is 11.6 Å². The Morgan fingerprint density at radius 2 is 2.06 bits per heavy atom. The molecular formula is C11H13N7. The number of nitriles is 1. The van der Waals surface area contributed by atoms with Crippen LogP contribution >= 0.6 is 0 Å². The molecular weight excluding hydrogens is 230 g/mol. The monoisotopic (exact) mass is 243 g/mol. The highest BCUT2D eigenvalue weighted by Gasteiger charge is 2.18. The quantitative estimate of drug-likeness (QED) is 0.830. The molecule has 7 heteroatoms. The van der Waals surface area contributed by atoms with E-state index in [-0.39, 0.29) is 11.9 Å². The molecule has 2 aromatic heterocycles. The second kappa shape index (κ2) is 4.71. The van der Waals surface area contributed by atoms with Crippen molar-refractivity contribution in [1.82, 2.24) is 19.7 Å². The van der Waals surface area contributed by atoms with E-state index in [4.69, 9.17) is 11.0 Å². The molecule has 0 atom stereocenters. The zero-order valence-corrected chi connectivity index (χ0v) is 10.1. The van der Waals surface area contributed by atoms with E-state index < -0.39 is 0 Å². The van der Waals surface area contributed by atoms with Crippen LogP contribution in [0.5, 0.6) is 0 Å². The van der Waals surface area contributed by atoms with Gasteiger partial charge in [-0.3, -0.25) is 0 Å². The molecule has 18 heavy (non-hydrogen) atoms. The van der Waals surface area contributed by atoms with Crippen molar-refractivity contribution in [2.45, 2.75) is 19.9 Å². The Hall–Kier alpha value is -2.62. The highest BCUT2D eigenvalue weighted by atomic mass is 15.4. The third-order valence-electron chi connectivity index (χ3n) is 2.20. The van der Waals surface area contributed by atoms with Crippen molar-refractivity contribution < 1.29 is 0 Å². The normalized spacial score (nSPS) is 10.3. The number of hydrogen-bond donors (Lipinski definition) is 2. The maximum Gasteiger partial charge on any atom is 0.252 e. The van der Waals surface area contributed by atoms with Gasteiger partial charge in [-0.2, -0.15) is 9.94 Å². The highest BCUT2D eigenvalue weighted by molar-refractivity contribution is 5.65. The zero-order valence-electron chi connectivity index (χ0n) is 10.1. The summed E-state index contributed by atoms with van der Waals surface area (Å²) in [5, 5.41) is 16.4. The number of nitrogens with one attached hydrogen (secondary N) is 1. The van der Waals surface area contributed by atoms with Gasteiger partial charge in [-0.25, -0.2) is 9.97 Å². The summed E-state index contributed by atoms with van der Waals surface area (Å²) in [6.07, 6.45) is 3.18. The first kappa shape index (κ1) is 11.9. The van der Waals surface area contributed by atoms with Crippen molar-refractivity contribution >= 4 is 11.6 Å². The molecule has 92 valence electrons. The molecule has 0 saturated heterocycles. The Kier molecular flexibility index (Phi) is 3.10. The molecule has 3 N–H and O–H groups in total. The topological polar surface area (TPSA) is 105 Å². The van der Waals surface area contributed by atoms with E-state index in [0.29, 0.717) is 17.3 Å². The summed E-state index contributed by atoms with van der Waals surface area (Å²) in [6.45, 7) is 3.91. The predicted molar refractivity (Wildman–Crippen MR) is 67.0 cm³/mol. The summed E-state index contributed by atoms with van der Waals surface area (Å²) >= 11 is 0. The molecule has 7 nitrogen and oxygen atoms in total. The van der Waals surface area contributed by atoms with E-state index in [1.165, 1.54) is 4.68 Å². The van der Waals surface area contributed by atoms with E-state index in [0.717, 1.165) is 0 Å². The maximum atomic E-state index is 9.11. The van der Waals surface area contributed by atoms with Gasteiger partial charge < -0.3 is 11.1 Å². The van der Waals surface area contributed by atoms with Crippen LogP contribution in [-0.2, 0) is 0 Å². The van der Waals surface area contributed by atoms with Crippen molar-refractivity contribution in [3.63, 3.8) is 0 Å². The van der Waals surface area contributed by atoms with Gasteiger partial charge in [0.2, 0.25) is 0 Å². The van der Waals surface area contributed by atoms with E-state index >= 15 is 0 Å². The molecule has 0 aliphatic rings. The Morgan fingerprint density at radius 3 is 2.61 bits per heavy atom. The molecule has 0 aliphatic heterocycles. The van der Waals surface area contributed by atoms with Gasteiger partial charge in [-0.15, -0.1) is 5.10 Å². The van der Waals surface area contributed by atoms with Crippen molar-refractivity contribution in [3.8, 4) is 12.0 Å². The van der Waals surface area contributed by atoms with E-state index in [9.17, 15) is 0 Å². The van der Waals surface area contributed by atoms with Gasteiger partial charge in [-0.05, 0) is 19.9 Å². The lowest BCUT2D eigenvalue weighted by atomic mass is 10.3. The average Bonchev–Trinajstić information content (AvgIpc) is 2.66. The van der Waals surface area contributed by atoms with Crippen molar-refractivity contribution in [1.29, 1.82) is 5.26 Å². The largest absolute Gasteiger partial charge is 0.382 e. The maximum absolute atomic E-state index is 9.11. The zero-order chi connectivity index (χ0) is 13.1. The van der Waals surface area contributed by atoms with Gasteiger partial charge in [-0.1, -0.05) is 0 Å². The van der Waals surface area contributed by atoms with Crippen LogP contribution in [0.1, 0.15) is 19.4 Å². The fourth-order valence-corrected chi connectivity index (χ4v) is 1.47. The van der Waals surface area contributed by atoms with Crippen molar-refractivity contribution in [3.05, 3.63) is 24.0 Å². The van der Waals surface area contributed by atoms with Gasteiger partial charge in [0.25, 0.3) is 5.95 Å². The summed E-state index contributed by atoms with van der Waals surface area (Å²) in [6, 6.07) is 3.88. The molecule has 2 rings (SSSR count). The predicted octanol–water partition coefficient (Wildman–Crippen LogP) is 0.936. The summed E-state index contributed by atoms with van der Waals surface area (Å²) < 4.78 is 1.35. The first-order valence-electron chi connectivity index (χ1n) is 5.46. The van der Waals surface area contributed by atoms with Crippen LogP contribution in [0.3, 0.4) is 0 Å². The lowest BCUT2D eigenvalue weighted by Crippen LogP contribution is -2.11. The number of rotatable bonds is 3. The van der Waals surface area contributed by atoms with Crippen LogP contribution in [0.2, 0.25) is 0 Å². The second-order valence-electron chi connectivity index (χ2n) is 3.98.